The number of hydrogen-bond acceptors (Lipinski definition) is 5. The van der Waals surface area contributed by atoms with Crippen LogP contribution in [0.2, 0.25) is 0 Å². The Morgan fingerprint density at radius 3 is 3.16 bits per heavy atom. The van der Waals surface area contributed by atoms with Crippen molar-refractivity contribution in [1.29, 1.82) is 5.26 Å². The van der Waals surface area contributed by atoms with Crippen molar-refractivity contribution in [3.8, 4) is 11.8 Å². The van der Waals surface area contributed by atoms with Gasteiger partial charge in [-0.05, 0) is 18.6 Å². The first-order valence-electron chi connectivity index (χ1n) is 6.53. The van der Waals surface area contributed by atoms with Crippen molar-refractivity contribution in [3.63, 3.8) is 0 Å². The van der Waals surface area contributed by atoms with Crippen LogP contribution in [0.5, 0.6) is 5.75 Å². The summed E-state index contributed by atoms with van der Waals surface area (Å²) >= 11 is 0. The quantitative estimate of drug-likeness (QED) is 0.837. The number of hydrogen-bond donors (Lipinski definition) is 1. The molecule has 1 aliphatic rings. The lowest BCUT2D eigenvalue weighted by Crippen LogP contribution is -2.41. The summed E-state index contributed by atoms with van der Waals surface area (Å²) in [5.74, 6) is 0.708. The number of morpholine rings is 1. The molecule has 2 N–H and O–H groups in total. The van der Waals surface area contributed by atoms with Crippen LogP contribution in [0.4, 0.5) is 11.4 Å². The maximum absolute atomic E-state index is 8.92. The fourth-order valence-corrected chi connectivity index (χ4v) is 2.02. The van der Waals surface area contributed by atoms with Crippen LogP contribution in [0.25, 0.3) is 0 Å². The van der Waals surface area contributed by atoms with Gasteiger partial charge in [-0.1, -0.05) is 6.92 Å². The van der Waals surface area contributed by atoms with E-state index in [4.69, 9.17) is 20.5 Å². The fraction of sp³-hybridized carbons (Fsp3) is 0.500. The minimum absolute atomic E-state index is 0.369. The Morgan fingerprint density at radius 2 is 2.42 bits per heavy atom. The molecule has 1 aliphatic heterocycles. The molecule has 0 aliphatic carbocycles. The summed E-state index contributed by atoms with van der Waals surface area (Å²) in [7, 11) is 0. The summed E-state index contributed by atoms with van der Waals surface area (Å²) in [6, 6.07) is 7.88. The van der Waals surface area contributed by atoms with Gasteiger partial charge in [0.15, 0.2) is 6.10 Å². The van der Waals surface area contributed by atoms with Crippen molar-refractivity contribution in [2.75, 3.05) is 36.9 Å². The van der Waals surface area contributed by atoms with Crippen LogP contribution >= 0.6 is 0 Å². The zero-order chi connectivity index (χ0) is 13.7. The second-order valence-electron chi connectivity index (χ2n) is 4.51. The molecular weight excluding hydrogens is 242 g/mol. The predicted molar refractivity (Wildman–Crippen MR) is 74.2 cm³/mol. The summed E-state index contributed by atoms with van der Waals surface area (Å²) in [5, 5.41) is 8.92. The van der Waals surface area contributed by atoms with E-state index >= 15 is 0 Å². The van der Waals surface area contributed by atoms with Crippen molar-refractivity contribution in [1.82, 2.24) is 0 Å². The maximum atomic E-state index is 8.92. The van der Waals surface area contributed by atoms with Crippen LogP contribution in [0.15, 0.2) is 18.2 Å². The zero-order valence-corrected chi connectivity index (χ0v) is 11.1. The first-order chi connectivity index (χ1) is 9.24. The summed E-state index contributed by atoms with van der Waals surface area (Å²) in [6.07, 6.45) is 0.573. The van der Waals surface area contributed by atoms with E-state index in [2.05, 4.69) is 17.9 Å². The minimum Gasteiger partial charge on any atom is -0.491 e. The lowest BCUT2D eigenvalue weighted by Gasteiger charge is -2.31. The van der Waals surface area contributed by atoms with Gasteiger partial charge in [-0.25, -0.2) is 0 Å². The molecule has 0 amide bonds. The third-order valence-electron chi connectivity index (χ3n) is 3.03. The monoisotopic (exact) mass is 261 g/mol. The summed E-state index contributed by atoms with van der Waals surface area (Å²) in [5.41, 5.74) is 7.55. The van der Waals surface area contributed by atoms with Crippen LogP contribution in [0, 0.1) is 11.3 Å². The van der Waals surface area contributed by atoms with Crippen LogP contribution < -0.4 is 15.4 Å². The molecule has 19 heavy (non-hydrogen) atoms. The number of nitrogens with two attached hydrogens (primary N) is 1. The lowest BCUT2D eigenvalue weighted by atomic mass is 10.2. The first kappa shape index (κ1) is 13.5. The number of anilines is 2. The molecule has 1 aromatic carbocycles. The average molecular weight is 261 g/mol. The molecule has 0 spiro atoms. The summed E-state index contributed by atoms with van der Waals surface area (Å²) in [4.78, 5) is 2.12. The largest absolute Gasteiger partial charge is 0.491 e. The number of rotatable bonds is 4. The third kappa shape index (κ3) is 3.30. The van der Waals surface area contributed by atoms with Crippen LogP contribution in [0.3, 0.4) is 0 Å². The highest BCUT2D eigenvalue weighted by atomic mass is 16.5. The van der Waals surface area contributed by atoms with E-state index < -0.39 is 0 Å². The Balaban J connectivity index is 2.13. The van der Waals surface area contributed by atoms with E-state index in [1.165, 1.54) is 0 Å². The topological polar surface area (TPSA) is 71.5 Å². The van der Waals surface area contributed by atoms with Gasteiger partial charge in [0.05, 0.1) is 31.5 Å². The Morgan fingerprint density at radius 1 is 1.58 bits per heavy atom. The van der Waals surface area contributed by atoms with Crippen molar-refractivity contribution in [2.24, 2.45) is 0 Å². The molecule has 1 atom stereocenters. The second kappa shape index (κ2) is 6.30. The van der Waals surface area contributed by atoms with E-state index in [0.29, 0.717) is 31.2 Å². The molecule has 1 heterocycles. The molecular formula is C14H19N3O2. The zero-order valence-electron chi connectivity index (χ0n) is 11.1. The molecule has 1 unspecified atom stereocenters. The van der Waals surface area contributed by atoms with Gasteiger partial charge in [-0.2, -0.15) is 5.26 Å². The minimum atomic E-state index is -0.369. The van der Waals surface area contributed by atoms with Gasteiger partial charge in [-0.15, -0.1) is 0 Å². The van der Waals surface area contributed by atoms with Gasteiger partial charge in [0.25, 0.3) is 0 Å². The van der Waals surface area contributed by atoms with E-state index in [1.54, 1.807) is 0 Å². The molecule has 1 fully saturated rings. The van der Waals surface area contributed by atoms with E-state index in [0.717, 1.165) is 18.7 Å². The molecule has 5 nitrogen and oxygen atoms in total. The maximum Gasteiger partial charge on any atom is 0.161 e. The number of nitrogens with zero attached hydrogens (tertiary/aromatic N) is 2. The highest BCUT2D eigenvalue weighted by Crippen LogP contribution is 2.28. The molecule has 1 aromatic rings. The fourth-order valence-electron chi connectivity index (χ4n) is 2.02. The van der Waals surface area contributed by atoms with E-state index in [1.807, 2.05) is 18.2 Å². The van der Waals surface area contributed by atoms with Gasteiger partial charge < -0.3 is 20.1 Å². The Labute approximate surface area is 113 Å². The number of nitriles is 1. The molecule has 0 aromatic heterocycles. The standard InChI is InChI=1S/C14H19N3O2/c1-2-6-19-14-8-11(3-4-13(14)16)17-5-7-18-12(9-15)10-17/h3-4,8,12H,2,5-7,10,16H2,1H3. The first-order valence-corrected chi connectivity index (χ1v) is 6.53. The molecule has 2 rings (SSSR count). The van der Waals surface area contributed by atoms with Gasteiger partial charge >= 0.3 is 0 Å². The van der Waals surface area contributed by atoms with Crippen LogP contribution in [-0.4, -0.2) is 32.4 Å². The van der Waals surface area contributed by atoms with Gasteiger partial charge in [0.1, 0.15) is 5.75 Å². The number of benzene rings is 1. The Kier molecular flexibility index (Phi) is 4.48. The highest BCUT2D eigenvalue weighted by Gasteiger charge is 2.20. The van der Waals surface area contributed by atoms with Crippen molar-refractivity contribution in [3.05, 3.63) is 18.2 Å². The predicted octanol–water partition coefficient (Wildman–Crippen LogP) is 1.79. The van der Waals surface area contributed by atoms with Gasteiger partial charge in [0.2, 0.25) is 0 Å². The third-order valence-corrected chi connectivity index (χ3v) is 3.03. The summed E-state index contributed by atoms with van der Waals surface area (Å²) in [6.45, 7) is 4.62. The average Bonchev–Trinajstić information content (AvgIpc) is 2.46. The molecule has 102 valence electrons. The van der Waals surface area contributed by atoms with Crippen LogP contribution in [-0.2, 0) is 4.74 Å². The van der Waals surface area contributed by atoms with Crippen molar-refractivity contribution < 1.29 is 9.47 Å². The Bertz CT molecular complexity index is 470. The SMILES string of the molecule is CCCOc1cc(N2CCOC(C#N)C2)ccc1N. The molecule has 0 saturated carbocycles. The molecule has 5 heteroatoms. The summed E-state index contributed by atoms with van der Waals surface area (Å²) < 4.78 is 11.0. The molecule has 1 saturated heterocycles. The van der Waals surface area contributed by atoms with Crippen molar-refractivity contribution >= 4 is 11.4 Å². The number of ether oxygens (including phenoxy) is 2. The smallest absolute Gasteiger partial charge is 0.161 e. The van der Waals surface area contributed by atoms with Crippen LogP contribution in [0.1, 0.15) is 13.3 Å². The normalized spacial score (nSPS) is 18.9. The second-order valence-corrected chi connectivity index (χ2v) is 4.51. The highest BCUT2D eigenvalue weighted by molar-refractivity contribution is 5.62. The van der Waals surface area contributed by atoms with Gasteiger partial charge in [-0.3, -0.25) is 0 Å². The van der Waals surface area contributed by atoms with E-state index in [9.17, 15) is 0 Å². The van der Waals surface area contributed by atoms with E-state index in [-0.39, 0.29) is 6.10 Å². The number of nitrogen functional groups attached to an aromatic ring is 1. The van der Waals surface area contributed by atoms with Gasteiger partial charge in [0, 0.05) is 18.3 Å². The Hall–Kier alpha value is -1.93. The van der Waals surface area contributed by atoms with Crippen molar-refractivity contribution in [2.45, 2.75) is 19.4 Å². The lowest BCUT2D eigenvalue weighted by molar-refractivity contribution is 0.0764. The molecule has 0 radical (unpaired) electrons. The molecule has 0 bridgehead atoms.